The molecule has 0 saturated heterocycles. The lowest BCUT2D eigenvalue weighted by molar-refractivity contribution is -0.136. The van der Waals surface area contributed by atoms with E-state index < -0.39 is 5.97 Å². The standard InChI is InChI=1S/C11H14N2O4/c1-7-6-9(12-17-7)13(5-4-10(14)15)11(16)8-2-3-8/h6,8H,2-5H2,1H3,(H,14,15). The average molecular weight is 238 g/mol. The molecule has 1 amide bonds. The second-order valence-corrected chi connectivity index (χ2v) is 4.20. The smallest absolute Gasteiger partial charge is 0.305 e. The van der Waals surface area contributed by atoms with E-state index in [0.717, 1.165) is 12.8 Å². The van der Waals surface area contributed by atoms with Crippen molar-refractivity contribution in [3.8, 4) is 0 Å². The Balaban J connectivity index is 2.11. The van der Waals surface area contributed by atoms with Crippen molar-refractivity contribution in [3.05, 3.63) is 11.8 Å². The Hall–Kier alpha value is -1.85. The average Bonchev–Trinajstić information content (AvgIpc) is 3.02. The Bertz CT molecular complexity index is 436. The van der Waals surface area contributed by atoms with Crippen molar-refractivity contribution in [2.45, 2.75) is 26.2 Å². The SMILES string of the molecule is Cc1cc(N(CCC(=O)O)C(=O)C2CC2)no1. The highest BCUT2D eigenvalue weighted by Crippen LogP contribution is 2.32. The number of aryl methyl sites for hydroxylation is 1. The minimum atomic E-state index is -0.932. The van der Waals surface area contributed by atoms with Gasteiger partial charge in [-0.25, -0.2) is 0 Å². The van der Waals surface area contributed by atoms with Gasteiger partial charge in [-0.3, -0.25) is 14.5 Å². The van der Waals surface area contributed by atoms with Gasteiger partial charge in [0.05, 0.1) is 6.42 Å². The van der Waals surface area contributed by atoms with Gasteiger partial charge in [-0.15, -0.1) is 0 Å². The van der Waals surface area contributed by atoms with Crippen LogP contribution < -0.4 is 4.90 Å². The van der Waals surface area contributed by atoms with Gasteiger partial charge in [0.25, 0.3) is 0 Å². The predicted octanol–water partition coefficient (Wildman–Crippen LogP) is 1.20. The molecule has 0 atom stereocenters. The summed E-state index contributed by atoms with van der Waals surface area (Å²) in [5, 5.41) is 12.4. The van der Waals surface area contributed by atoms with Gasteiger partial charge in [-0.2, -0.15) is 0 Å². The number of carboxylic acids is 1. The van der Waals surface area contributed by atoms with Crippen molar-refractivity contribution in [2.75, 3.05) is 11.4 Å². The fourth-order valence-corrected chi connectivity index (χ4v) is 1.58. The molecule has 0 aliphatic heterocycles. The molecule has 1 aliphatic rings. The number of anilines is 1. The molecule has 6 heteroatoms. The molecule has 1 saturated carbocycles. The first-order valence-corrected chi connectivity index (χ1v) is 5.54. The molecule has 1 aliphatic carbocycles. The van der Waals surface area contributed by atoms with Gasteiger partial charge in [0.15, 0.2) is 5.82 Å². The van der Waals surface area contributed by atoms with Crippen LogP contribution in [-0.2, 0) is 9.59 Å². The van der Waals surface area contributed by atoms with Gasteiger partial charge >= 0.3 is 5.97 Å². The third kappa shape index (κ3) is 2.83. The predicted molar refractivity (Wildman–Crippen MR) is 58.6 cm³/mol. The van der Waals surface area contributed by atoms with Crippen LogP contribution >= 0.6 is 0 Å². The largest absolute Gasteiger partial charge is 0.481 e. The van der Waals surface area contributed by atoms with Gasteiger partial charge in [0, 0.05) is 18.5 Å². The lowest BCUT2D eigenvalue weighted by atomic mass is 10.3. The number of hydrogen-bond donors (Lipinski definition) is 1. The number of aromatic nitrogens is 1. The van der Waals surface area contributed by atoms with Crippen molar-refractivity contribution in [1.29, 1.82) is 0 Å². The van der Waals surface area contributed by atoms with Gasteiger partial charge in [-0.05, 0) is 19.8 Å². The molecule has 6 nitrogen and oxygen atoms in total. The van der Waals surface area contributed by atoms with Gasteiger partial charge < -0.3 is 9.63 Å². The zero-order chi connectivity index (χ0) is 12.4. The van der Waals surface area contributed by atoms with Crippen LogP contribution in [-0.4, -0.2) is 28.7 Å². The highest BCUT2D eigenvalue weighted by atomic mass is 16.5. The summed E-state index contributed by atoms with van der Waals surface area (Å²) in [6, 6.07) is 1.64. The highest BCUT2D eigenvalue weighted by molar-refractivity contribution is 5.96. The second-order valence-electron chi connectivity index (χ2n) is 4.20. The first-order valence-electron chi connectivity index (χ1n) is 5.54. The zero-order valence-electron chi connectivity index (χ0n) is 9.55. The number of hydrogen-bond acceptors (Lipinski definition) is 4. The summed E-state index contributed by atoms with van der Waals surface area (Å²) >= 11 is 0. The fraction of sp³-hybridized carbons (Fsp3) is 0.545. The number of aliphatic carboxylic acids is 1. The highest BCUT2D eigenvalue weighted by Gasteiger charge is 2.35. The van der Waals surface area contributed by atoms with E-state index in [9.17, 15) is 9.59 Å². The summed E-state index contributed by atoms with van der Waals surface area (Å²) in [7, 11) is 0. The Labute approximate surface area is 98.2 Å². The molecule has 17 heavy (non-hydrogen) atoms. The first kappa shape index (κ1) is 11.6. The summed E-state index contributed by atoms with van der Waals surface area (Å²) in [6.45, 7) is 1.87. The molecule has 2 rings (SSSR count). The van der Waals surface area contributed by atoms with E-state index in [0.29, 0.717) is 11.6 Å². The zero-order valence-corrected chi connectivity index (χ0v) is 9.55. The summed E-state index contributed by atoms with van der Waals surface area (Å²) < 4.78 is 4.91. The lowest BCUT2D eigenvalue weighted by Gasteiger charge is -2.18. The summed E-state index contributed by atoms with van der Waals surface area (Å²) in [5.41, 5.74) is 0. The van der Waals surface area contributed by atoms with Crippen molar-refractivity contribution in [3.63, 3.8) is 0 Å². The summed E-state index contributed by atoms with van der Waals surface area (Å²) in [6.07, 6.45) is 1.66. The van der Waals surface area contributed by atoms with Crippen LogP contribution in [0.2, 0.25) is 0 Å². The third-order valence-corrected chi connectivity index (χ3v) is 2.63. The Morgan fingerprint density at radius 2 is 2.29 bits per heavy atom. The molecule has 92 valence electrons. The van der Waals surface area contributed by atoms with E-state index in [1.165, 1.54) is 4.90 Å². The quantitative estimate of drug-likeness (QED) is 0.833. The minimum Gasteiger partial charge on any atom is -0.481 e. The number of rotatable bonds is 5. The Kier molecular flexibility index (Phi) is 3.12. The number of nitrogens with zero attached hydrogens (tertiary/aromatic N) is 2. The fourth-order valence-electron chi connectivity index (χ4n) is 1.58. The number of carbonyl (C=O) groups excluding carboxylic acids is 1. The normalized spacial score (nSPS) is 14.6. The number of carboxylic acid groups (broad SMARTS) is 1. The number of amides is 1. The van der Waals surface area contributed by atoms with E-state index >= 15 is 0 Å². The van der Waals surface area contributed by atoms with Gasteiger partial charge in [0.2, 0.25) is 5.91 Å². The summed E-state index contributed by atoms with van der Waals surface area (Å²) in [5.74, 6) is 0.0451. The molecule has 1 aromatic rings. The second kappa shape index (κ2) is 4.57. The maximum atomic E-state index is 12.0. The van der Waals surface area contributed by atoms with E-state index in [2.05, 4.69) is 5.16 Å². The molecule has 0 unspecified atom stereocenters. The van der Waals surface area contributed by atoms with Crippen molar-refractivity contribution < 1.29 is 19.2 Å². The Morgan fingerprint density at radius 3 is 2.76 bits per heavy atom. The maximum Gasteiger partial charge on any atom is 0.305 e. The summed E-state index contributed by atoms with van der Waals surface area (Å²) in [4.78, 5) is 24.0. The molecule has 1 N–H and O–H groups in total. The molecule has 0 radical (unpaired) electrons. The van der Waals surface area contributed by atoms with Crippen LogP contribution in [0.3, 0.4) is 0 Å². The van der Waals surface area contributed by atoms with Crippen molar-refractivity contribution in [2.24, 2.45) is 5.92 Å². The molecular weight excluding hydrogens is 224 g/mol. The molecule has 0 spiro atoms. The van der Waals surface area contributed by atoms with E-state index in [1.54, 1.807) is 13.0 Å². The monoisotopic (exact) mass is 238 g/mol. The molecule has 0 bridgehead atoms. The molecule has 1 fully saturated rings. The van der Waals surface area contributed by atoms with Crippen molar-refractivity contribution >= 4 is 17.7 Å². The maximum absolute atomic E-state index is 12.0. The van der Waals surface area contributed by atoms with Crippen LogP contribution in [0.15, 0.2) is 10.6 Å². The minimum absolute atomic E-state index is 0.0285. The van der Waals surface area contributed by atoms with E-state index in [-0.39, 0.29) is 24.8 Å². The topological polar surface area (TPSA) is 83.6 Å². The van der Waals surface area contributed by atoms with Crippen molar-refractivity contribution in [1.82, 2.24) is 5.16 Å². The molecular formula is C11H14N2O4. The van der Waals surface area contributed by atoms with Gasteiger partial charge in [0.1, 0.15) is 5.76 Å². The molecule has 1 heterocycles. The lowest BCUT2D eigenvalue weighted by Crippen LogP contribution is -2.34. The molecule has 0 aromatic carbocycles. The molecule has 1 aromatic heterocycles. The first-order chi connectivity index (χ1) is 8.08. The van der Waals surface area contributed by atoms with Crippen LogP contribution in [0, 0.1) is 12.8 Å². The Morgan fingerprint density at radius 1 is 1.59 bits per heavy atom. The van der Waals surface area contributed by atoms with Crippen LogP contribution in [0.4, 0.5) is 5.82 Å². The van der Waals surface area contributed by atoms with Gasteiger partial charge in [-0.1, -0.05) is 5.16 Å². The number of carbonyl (C=O) groups is 2. The van der Waals surface area contributed by atoms with E-state index in [4.69, 9.17) is 9.63 Å². The van der Waals surface area contributed by atoms with E-state index in [1.807, 2.05) is 0 Å². The van der Waals surface area contributed by atoms with Crippen LogP contribution in [0.5, 0.6) is 0 Å². The third-order valence-electron chi connectivity index (χ3n) is 2.63. The van der Waals surface area contributed by atoms with Crippen LogP contribution in [0.25, 0.3) is 0 Å². The van der Waals surface area contributed by atoms with Crippen LogP contribution in [0.1, 0.15) is 25.0 Å².